The highest BCUT2D eigenvalue weighted by Gasteiger charge is 2.08. The molecule has 0 bridgehead atoms. The molecule has 126 valence electrons. The van der Waals surface area contributed by atoms with Gasteiger partial charge in [-0.3, -0.25) is 4.99 Å². The molecule has 0 aliphatic rings. The number of hydrogen-bond acceptors (Lipinski definition) is 3. The van der Waals surface area contributed by atoms with Crippen LogP contribution in [0.15, 0.2) is 76.1 Å². The summed E-state index contributed by atoms with van der Waals surface area (Å²) in [5, 5.41) is 1.10. The number of hydrogen-bond donors (Lipinski definition) is 0. The van der Waals surface area contributed by atoms with E-state index >= 15 is 0 Å². The molecule has 1 nitrogen and oxygen atoms in total. The first-order valence-corrected chi connectivity index (χ1v) is 10.0. The van der Waals surface area contributed by atoms with Crippen molar-refractivity contribution in [3.8, 4) is 0 Å². The minimum Gasteiger partial charge on any atom is -0.254 e. The van der Waals surface area contributed by atoms with Gasteiger partial charge in [0.1, 0.15) is 0 Å². The Morgan fingerprint density at radius 3 is 1.54 bits per heavy atom. The van der Waals surface area contributed by atoms with Crippen molar-refractivity contribution in [2.75, 3.05) is 0 Å². The lowest BCUT2D eigenvalue weighted by atomic mass is 10.0. The molecule has 2 rings (SSSR count). The lowest BCUT2D eigenvalue weighted by molar-refractivity contribution is 1.11. The van der Waals surface area contributed by atoms with Crippen LogP contribution < -0.4 is 0 Å². The van der Waals surface area contributed by atoms with Gasteiger partial charge in [-0.2, -0.15) is 0 Å². The summed E-state index contributed by atoms with van der Waals surface area (Å²) in [4.78, 5) is 4.88. The molecule has 0 fully saturated rings. The van der Waals surface area contributed by atoms with E-state index in [1.165, 1.54) is 4.24 Å². The third kappa shape index (κ3) is 6.21. The second-order valence-corrected chi connectivity index (χ2v) is 9.49. The van der Waals surface area contributed by atoms with Gasteiger partial charge in [-0.1, -0.05) is 88.4 Å². The number of nitrogens with zero attached hydrogens (tertiary/aromatic N) is 1. The first-order chi connectivity index (χ1) is 11.6. The van der Waals surface area contributed by atoms with Gasteiger partial charge in [0.2, 0.25) is 0 Å². The van der Waals surface area contributed by atoms with E-state index in [-0.39, 0.29) is 0 Å². The minimum atomic E-state index is 0.551. The zero-order valence-electron chi connectivity index (χ0n) is 14.8. The summed E-state index contributed by atoms with van der Waals surface area (Å²) in [5.41, 5.74) is 3.30. The van der Waals surface area contributed by atoms with Crippen LogP contribution in [0.5, 0.6) is 0 Å². The standard InChI is InChI=1S/C21H25NS2/c1-16(2)23-20(24-17(3)4)15-22-21(18-11-7-5-8-12-18)19-13-9-6-10-14-19/h5-17H,1-4H3. The van der Waals surface area contributed by atoms with Crippen molar-refractivity contribution < 1.29 is 0 Å². The number of rotatable bonds is 7. The Bertz CT molecular complexity index is 620. The predicted octanol–water partition coefficient (Wildman–Crippen LogP) is 6.61. The first kappa shape index (κ1) is 18.9. The van der Waals surface area contributed by atoms with Gasteiger partial charge in [0.05, 0.1) is 9.95 Å². The topological polar surface area (TPSA) is 12.4 Å². The van der Waals surface area contributed by atoms with Gasteiger partial charge >= 0.3 is 0 Å². The Kier molecular flexibility index (Phi) is 7.67. The van der Waals surface area contributed by atoms with Gasteiger partial charge in [0.25, 0.3) is 0 Å². The van der Waals surface area contributed by atoms with Gasteiger partial charge in [-0.05, 0) is 0 Å². The van der Waals surface area contributed by atoms with Crippen LogP contribution in [0.1, 0.15) is 38.8 Å². The highest BCUT2D eigenvalue weighted by atomic mass is 32.2. The van der Waals surface area contributed by atoms with Crippen molar-refractivity contribution in [1.82, 2.24) is 0 Å². The molecule has 0 aliphatic carbocycles. The van der Waals surface area contributed by atoms with Crippen molar-refractivity contribution in [3.05, 3.63) is 82.2 Å². The average molecular weight is 356 g/mol. The Labute approximate surface area is 154 Å². The molecule has 0 radical (unpaired) electrons. The molecular formula is C21H25NS2. The highest BCUT2D eigenvalue weighted by molar-refractivity contribution is 8.22. The first-order valence-electron chi connectivity index (χ1n) is 8.28. The van der Waals surface area contributed by atoms with Crippen molar-refractivity contribution in [1.29, 1.82) is 0 Å². The maximum Gasteiger partial charge on any atom is 0.0774 e. The van der Waals surface area contributed by atoms with Gasteiger partial charge in [-0.25, -0.2) is 0 Å². The van der Waals surface area contributed by atoms with Crippen LogP contribution in [0.3, 0.4) is 0 Å². The molecule has 0 saturated heterocycles. The Morgan fingerprint density at radius 1 is 0.750 bits per heavy atom. The Hall–Kier alpha value is -1.45. The summed E-state index contributed by atoms with van der Waals surface area (Å²) in [6.07, 6.45) is 2.03. The zero-order valence-corrected chi connectivity index (χ0v) is 16.4. The monoisotopic (exact) mass is 355 g/mol. The molecule has 24 heavy (non-hydrogen) atoms. The third-order valence-electron chi connectivity index (χ3n) is 3.10. The summed E-state index contributed by atoms with van der Waals surface area (Å²) in [6, 6.07) is 20.8. The molecule has 0 saturated carbocycles. The third-order valence-corrected chi connectivity index (χ3v) is 5.29. The quantitative estimate of drug-likeness (QED) is 0.518. The van der Waals surface area contributed by atoms with Gasteiger partial charge in [-0.15, -0.1) is 23.5 Å². The largest absolute Gasteiger partial charge is 0.254 e. The number of benzene rings is 2. The predicted molar refractivity (Wildman–Crippen MR) is 112 cm³/mol. The van der Waals surface area contributed by atoms with Gasteiger partial charge in [0, 0.05) is 27.8 Å². The summed E-state index contributed by atoms with van der Waals surface area (Å²) >= 11 is 3.75. The summed E-state index contributed by atoms with van der Waals surface area (Å²) < 4.78 is 1.27. The maximum absolute atomic E-state index is 4.88. The van der Waals surface area contributed by atoms with Crippen LogP contribution in [0.2, 0.25) is 0 Å². The van der Waals surface area contributed by atoms with E-state index in [0.29, 0.717) is 10.5 Å². The van der Waals surface area contributed by atoms with Crippen LogP contribution in [-0.2, 0) is 0 Å². The molecule has 0 amide bonds. The van der Waals surface area contributed by atoms with Gasteiger partial charge in [0.15, 0.2) is 0 Å². The Morgan fingerprint density at radius 2 is 1.17 bits per heavy atom. The van der Waals surface area contributed by atoms with Crippen LogP contribution in [0.4, 0.5) is 0 Å². The van der Waals surface area contributed by atoms with E-state index in [0.717, 1.165) is 16.8 Å². The Balaban J connectivity index is 2.41. The summed E-state index contributed by atoms with van der Waals surface area (Å²) in [7, 11) is 0. The van der Waals surface area contributed by atoms with Crippen molar-refractivity contribution in [2.24, 2.45) is 4.99 Å². The van der Waals surface area contributed by atoms with Gasteiger partial charge < -0.3 is 0 Å². The lowest BCUT2D eigenvalue weighted by Crippen LogP contribution is -2.02. The molecule has 0 spiro atoms. The number of thioether (sulfide) groups is 2. The summed E-state index contributed by atoms with van der Waals surface area (Å²) in [6.45, 7) is 8.88. The molecule has 0 aliphatic heterocycles. The molecule has 0 N–H and O–H groups in total. The van der Waals surface area contributed by atoms with Crippen molar-refractivity contribution in [3.63, 3.8) is 0 Å². The number of aliphatic imine (C=N–C) groups is 1. The fraction of sp³-hybridized carbons (Fsp3) is 0.286. The molecule has 0 aromatic heterocycles. The highest BCUT2D eigenvalue weighted by Crippen LogP contribution is 2.34. The van der Waals surface area contributed by atoms with Crippen LogP contribution >= 0.6 is 23.5 Å². The SMILES string of the molecule is CC(C)SC(=CN=C(c1ccccc1)c1ccccc1)SC(C)C. The molecule has 0 atom stereocenters. The van der Waals surface area contributed by atoms with Crippen molar-refractivity contribution in [2.45, 2.75) is 38.2 Å². The van der Waals surface area contributed by atoms with Crippen molar-refractivity contribution >= 4 is 29.2 Å². The van der Waals surface area contributed by atoms with E-state index in [2.05, 4.69) is 76.2 Å². The fourth-order valence-electron chi connectivity index (χ4n) is 2.18. The van der Waals surface area contributed by atoms with E-state index < -0.39 is 0 Å². The lowest BCUT2D eigenvalue weighted by Gasteiger charge is -2.11. The zero-order chi connectivity index (χ0) is 17.4. The van der Waals surface area contributed by atoms with Crippen LogP contribution in [-0.4, -0.2) is 16.2 Å². The summed E-state index contributed by atoms with van der Waals surface area (Å²) in [5.74, 6) is 0. The van der Waals surface area contributed by atoms with E-state index in [1.807, 2.05) is 41.9 Å². The maximum atomic E-state index is 4.88. The smallest absolute Gasteiger partial charge is 0.0774 e. The molecular weight excluding hydrogens is 330 g/mol. The molecule has 2 aromatic carbocycles. The van der Waals surface area contributed by atoms with Crippen LogP contribution in [0.25, 0.3) is 0 Å². The van der Waals surface area contributed by atoms with Crippen LogP contribution in [0, 0.1) is 0 Å². The second-order valence-electron chi connectivity index (χ2n) is 5.99. The van der Waals surface area contributed by atoms with E-state index in [9.17, 15) is 0 Å². The fourth-order valence-corrected chi connectivity index (χ4v) is 4.71. The molecule has 2 aromatic rings. The molecule has 3 heteroatoms. The molecule has 0 unspecified atom stereocenters. The normalized spacial score (nSPS) is 10.8. The van der Waals surface area contributed by atoms with E-state index in [1.54, 1.807) is 0 Å². The second kappa shape index (κ2) is 9.75. The average Bonchev–Trinajstić information content (AvgIpc) is 2.56. The molecule has 0 heterocycles. The van der Waals surface area contributed by atoms with E-state index in [4.69, 9.17) is 4.99 Å². The minimum absolute atomic E-state index is 0.551.